The number of thiophene rings is 1. The first-order chi connectivity index (χ1) is 8.26. The summed E-state index contributed by atoms with van der Waals surface area (Å²) in [6.45, 7) is 2.60. The number of anilines is 1. The summed E-state index contributed by atoms with van der Waals surface area (Å²) in [4.78, 5) is 0.564. The van der Waals surface area contributed by atoms with E-state index < -0.39 is 0 Å². The number of benzene rings is 1. The second-order valence-corrected chi connectivity index (χ2v) is 4.34. The van der Waals surface area contributed by atoms with Crippen molar-refractivity contribution in [1.29, 1.82) is 5.26 Å². The molecule has 0 aliphatic rings. The monoisotopic (exact) mass is 244 g/mol. The number of hydrogen-bond acceptors (Lipinski definition) is 4. The van der Waals surface area contributed by atoms with Crippen molar-refractivity contribution in [2.75, 3.05) is 12.3 Å². The highest BCUT2D eigenvalue weighted by atomic mass is 32.1. The van der Waals surface area contributed by atoms with Gasteiger partial charge in [-0.3, -0.25) is 0 Å². The van der Waals surface area contributed by atoms with Gasteiger partial charge in [0, 0.05) is 10.9 Å². The van der Waals surface area contributed by atoms with Crippen molar-refractivity contribution < 1.29 is 4.74 Å². The van der Waals surface area contributed by atoms with E-state index >= 15 is 0 Å². The largest absolute Gasteiger partial charge is 0.494 e. The number of rotatable bonds is 3. The highest BCUT2D eigenvalue weighted by molar-refractivity contribution is 7.11. The van der Waals surface area contributed by atoms with Crippen LogP contribution < -0.4 is 10.5 Å². The van der Waals surface area contributed by atoms with E-state index in [0.717, 1.165) is 16.9 Å². The predicted molar refractivity (Wildman–Crippen MR) is 70.1 cm³/mol. The number of nitrogens with two attached hydrogens (primary N) is 1. The molecule has 0 saturated heterocycles. The van der Waals surface area contributed by atoms with Crippen molar-refractivity contribution in [3.63, 3.8) is 0 Å². The number of hydrogen-bond donors (Lipinski definition) is 1. The fourth-order valence-electron chi connectivity index (χ4n) is 1.57. The summed E-state index contributed by atoms with van der Waals surface area (Å²) in [6, 6.07) is 9.79. The van der Waals surface area contributed by atoms with Crippen LogP contribution in [0, 0.1) is 11.3 Å². The van der Waals surface area contributed by atoms with E-state index in [9.17, 15) is 0 Å². The van der Waals surface area contributed by atoms with Crippen LogP contribution in [0.4, 0.5) is 5.69 Å². The molecule has 1 aromatic heterocycles. The second kappa shape index (κ2) is 4.89. The van der Waals surface area contributed by atoms with Crippen molar-refractivity contribution in [1.82, 2.24) is 0 Å². The Morgan fingerprint density at radius 3 is 2.59 bits per heavy atom. The van der Waals surface area contributed by atoms with E-state index in [-0.39, 0.29) is 0 Å². The predicted octanol–water partition coefficient (Wildman–Crippen LogP) is 3.27. The summed E-state index contributed by atoms with van der Waals surface area (Å²) in [5, 5.41) is 10.8. The molecule has 0 bridgehead atoms. The van der Waals surface area contributed by atoms with Crippen LogP contribution in [-0.4, -0.2) is 6.61 Å². The number of nitriles is 1. The fraction of sp³-hybridized carbons (Fsp3) is 0.154. The summed E-state index contributed by atoms with van der Waals surface area (Å²) in [5.41, 5.74) is 8.37. The minimum Gasteiger partial charge on any atom is -0.494 e. The molecule has 4 heteroatoms. The van der Waals surface area contributed by atoms with Crippen LogP contribution in [-0.2, 0) is 0 Å². The standard InChI is InChI=1S/C13H12N2OS/c1-2-16-10-5-3-9(4-6-10)11-8-17-12(7-14)13(11)15/h3-6,8H,2,15H2,1H3. The maximum absolute atomic E-state index is 8.85. The Morgan fingerprint density at radius 2 is 2.06 bits per heavy atom. The Morgan fingerprint density at radius 1 is 1.35 bits per heavy atom. The molecule has 3 nitrogen and oxygen atoms in total. The second-order valence-electron chi connectivity index (χ2n) is 3.46. The summed E-state index contributed by atoms with van der Waals surface area (Å²) >= 11 is 1.37. The van der Waals surface area contributed by atoms with E-state index in [4.69, 9.17) is 15.7 Å². The van der Waals surface area contributed by atoms with Gasteiger partial charge in [0.15, 0.2) is 0 Å². The minimum atomic E-state index is 0.557. The van der Waals surface area contributed by atoms with E-state index in [0.29, 0.717) is 17.2 Å². The van der Waals surface area contributed by atoms with Gasteiger partial charge in [-0.05, 0) is 24.6 Å². The SMILES string of the molecule is CCOc1ccc(-c2csc(C#N)c2N)cc1. The van der Waals surface area contributed by atoms with Crippen LogP contribution >= 0.6 is 11.3 Å². The van der Waals surface area contributed by atoms with Crippen LogP contribution in [0.15, 0.2) is 29.6 Å². The lowest BCUT2D eigenvalue weighted by Gasteiger charge is -2.04. The smallest absolute Gasteiger partial charge is 0.128 e. The van der Waals surface area contributed by atoms with Crippen LogP contribution in [0.5, 0.6) is 5.75 Å². The molecule has 17 heavy (non-hydrogen) atoms. The molecule has 0 spiro atoms. The molecule has 1 aromatic carbocycles. The topological polar surface area (TPSA) is 59.0 Å². The van der Waals surface area contributed by atoms with Gasteiger partial charge >= 0.3 is 0 Å². The number of ether oxygens (including phenoxy) is 1. The average Bonchev–Trinajstić information content (AvgIpc) is 2.72. The molecule has 86 valence electrons. The third-order valence-corrected chi connectivity index (χ3v) is 3.31. The molecule has 0 aliphatic heterocycles. The Kier molecular flexibility index (Phi) is 3.31. The Hall–Kier alpha value is -1.99. The molecule has 0 radical (unpaired) electrons. The zero-order valence-electron chi connectivity index (χ0n) is 9.43. The van der Waals surface area contributed by atoms with Crippen LogP contribution in [0.1, 0.15) is 11.8 Å². The van der Waals surface area contributed by atoms with E-state index in [1.165, 1.54) is 11.3 Å². The summed E-state index contributed by atoms with van der Waals surface area (Å²) in [5.74, 6) is 0.838. The van der Waals surface area contributed by atoms with Gasteiger partial charge in [0.05, 0.1) is 12.3 Å². The van der Waals surface area contributed by atoms with E-state index in [2.05, 4.69) is 6.07 Å². The third kappa shape index (κ3) is 2.24. The first kappa shape index (κ1) is 11.5. The van der Waals surface area contributed by atoms with Crippen molar-refractivity contribution in [2.24, 2.45) is 0 Å². The molecule has 0 saturated carbocycles. The Bertz CT molecular complexity index is 552. The molecular formula is C13H12N2OS. The molecule has 0 atom stereocenters. The quantitative estimate of drug-likeness (QED) is 0.901. The third-order valence-electron chi connectivity index (χ3n) is 2.41. The first-order valence-corrected chi connectivity index (χ1v) is 6.14. The van der Waals surface area contributed by atoms with E-state index in [1.807, 2.05) is 36.6 Å². The van der Waals surface area contributed by atoms with E-state index in [1.54, 1.807) is 0 Å². The lowest BCUT2D eigenvalue weighted by molar-refractivity contribution is 0.340. The van der Waals surface area contributed by atoms with Gasteiger partial charge in [-0.15, -0.1) is 11.3 Å². The van der Waals surface area contributed by atoms with Gasteiger partial charge < -0.3 is 10.5 Å². The maximum atomic E-state index is 8.85. The van der Waals surface area contributed by atoms with Crippen molar-refractivity contribution in [2.45, 2.75) is 6.92 Å². The molecule has 0 unspecified atom stereocenters. The maximum Gasteiger partial charge on any atom is 0.128 e. The van der Waals surface area contributed by atoms with Gasteiger partial charge in [-0.1, -0.05) is 12.1 Å². The first-order valence-electron chi connectivity index (χ1n) is 5.26. The van der Waals surface area contributed by atoms with Crippen LogP contribution in [0.25, 0.3) is 11.1 Å². The van der Waals surface area contributed by atoms with Crippen molar-refractivity contribution in [3.8, 4) is 22.9 Å². The number of nitrogen functional groups attached to an aromatic ring is 1. The highest BCUT2D eigenvalue weighted by Crippen LogP contribution is 2.34. The highest BCUT2D eigenvalue weighted by Gasteiger charge is 2.09. The average molecular weight is 244 g/mol. The van der Waals surface area contributed by atoms with Crippen molar-refractivity contribution in [3.05, 3.63) is 34.5 Å². The summed E-state index contributed by atoms with van der Waals surface area (Å²) in [7, 11) is 0. The molecule has 2 aromatic rings. The molecule has 0 fully saturated rings. The lowest BCUT2D eigenvalue weighted by Crippen LogP contribution is -1.91. The van der Waals surface area contributed by atoms with Crippen LogP contribution in [0.2, 0.25) is 0 Å². The molecule has 0 amide bonds. The zero-order chi connectivity index (χ0) is 12.3. The Labute approximate surface area is 104 Å². The fourth-order valence-corrected chi connectivity index (χ4v) is 2.36. The van der Waals surface area contributed by atoms with Gasteiger partial charge in [0.1, 0.15) is 16.7 Å². The lowest BCUT2D eigenvalue weighted by atomic mass is 10.1. The summed E-state index contributed by atoms with van der Waals surface area (Å²) in [6.07, 6.45) is 0. The normalized spacial score (nSPS) is 9.88. The molecule has 1 heterocycles. The minimum absolute atomic E-state index is 0.557. The van der Waals surface area contributed by atoms with Gasteiger partial charge in [-0.2, -0.15) is 5.26 Å². The molecule has 2 N–H and O–H groups in total. The molecule has 2 rings (SSSR count). The Balaban J connectivity index is 2.34. The van der Waals surface area contributed by atoms with Gasteiger partial charge in [0.25, 0.3) is 0 Å². The number of nitrogens with zero attached hydrogens (tertiary/aromatic N) is 1. The summed E-state index contributed by atoms with van der Waals surface area (Å²) < 4.78 is 5.37. The van der Waals surface area contributed by atoms with Crippen molar-refractivity contribution >= 4 is 17.0 Å². The van der Waals surface area contributed by atoms with Gasteiger partial charge in [0.2, 0.25) is 0 Å². The zero-order valence-corrected chi connectivity index (χ0v) is 10.3. The van der Waals surface area contributed by atoms with Gasteiger partial charge in [-0.25, -0.2) is 0 Å². The molecule has 0 aliphatic carbocycles. The molecular weight excluding hydrogens is 232 g/mol. The van der Waals surface area contributed by atoms with Crippen LogP contribution in [0.3, 0.4) is 0 Å².